The summed E-state index contributed by atoms with van der Waals surface area (Å²) in [6.45, 7) is 1.36. The van der Waals surface area contributed by atoms with Crippen molar-refractivity contribution >= 4 is 15.9 Å². The zero-order chi connectivity index (χ0) is 14.2. The minimum Gasteiger partial charge on any atom is -0.490 e. The van der Waals surface area contributed by atoms with Crippen LogP contribution in [0.2, 0.25) is 0 Å². The van der Waals surface area contributed by atoms with Gasteiger partial charge in [-0.1, -0.05) is 28.4 Å². The normalized spacial score (nSPS) is 32.9. The molecule has 1 aromatic rings. The minimum atomic E-state index is 0.407. The maximum atomic E-state index is 6.28. The summed E-state index contributed by atoms with van der Waals surface area (Å²) in [4.78, 5) is 2.84. The van der Waals surface area contributed by atoms with Crippen molar-refractivity contribution in [1.29, 1.82) is 0 Å². The lowest BCUT2D eigenvalue weighted by Gasteiger charge is -2.48. The molecular weight excluding hydrogens is 326 g/mol. The summed E-state index contributed by atoms with van der Waals surface area (Å²) < 4.78 is 7.39. The van der Waals surface area contributed by atoms with Crippen LogP contribution in [0, 0.1) is 5.92 Å². The molecule has 2 atom stereocenters. The standard InChI is InChI=1S/C18H24BrNO/c19-14-3-1-6-17(9-14)21-18-10-15-4-2-5-16(11-18)20(15)12-13-7-8-13/h1,3,6,9,13,15-16,18H,2,4-5,7-8,10-12H2. The molecule has 2 unspecified atom stereocenters. The molecule has 21 heavy (non-hydrogen) atoms. The van der Waals surface area contributed by atoms with Crippen molar-refractivity contribution in [3.05, 3.63) is 28.7 Å². The molecule has 3 fully saturated rings. The van der Waals surface area contributed by atoms with Crippen molar-refractivity contribution in [2.45, 2.75) is 63.1 Å². The number of hydrogen-bond acceptors (Lipinski definition) is 2. The van der Waals surface area contributed by atoms with Crippen LogP contribution in [-0.4, -0.2) is 29.6 Å². The molecule has 1 saturated carbocycles. The zero-order valence-electron chi connectivity index (χ0n) is 12.5. The van der Waals surface area contributed by atoms with Gasteiger partial charge in [-0.3, -0.25) is 4.90 Å². The van der Waals surface area contributed by atoms with E-state index in [0.717, 1.165) is 28.2 Å². The molecule has 114 valence electrons. The second-order valence-electron chi connectivity index (χ2n) is 7.05. The van der Waals surface area contributed by atoms with E-state index < -0.39 is 0 Å². The Morgan fingerprint density at radius 2 is 1.86 bits per heavy atom. The van der Waals surface area contributed by atoms with Gasteiger partial charge in [0.05, 0.1) is 0 Å². The summed E-state index contributed by atoms with van der Waals surface area (Å²) >= 11 is 3.53. The third kappa shape index (κ3) is 3.29. The summed E-state index contributed by atoms with van der Waals surface area (Å²) in [6.07, 6.45) is 9.95. The van der Waals surface area contributed by atoms with Crippen LogP contribution in [0.25, 0.3) is 0 Å². The summed E-state index contributed by atoms with van der Waals surface area (Å²) in [5.41, 5.74) is 0. The predicted molar refractivity (Wildman–Crippen MR) is 88.6 cm³/mol. The number of rotatable bonds is 4. The lowest BCUT2D eigenvalue weighted by molar-refractivity contribution is -0.0193. The largest absolute Gasteiger partial charge is 0.490 e. The van der Waals surface area contributed by atoms with Gasteiger partial charge in [-0.2, -0.15) is 0 Å². The van der Waals surface area contributed by atoms with E-state index in [9.17, 15) is 0 Å². The number of piperidine rings is 2. The van der Waals surface area contributed by atoms with E-state index in [-0.39, 0.29) is 0 Å². The van der Waals surface area contributed by atoms with Crippen molar-refractivity contribution in [2.75, 3.05) is 6.54 Å². The third-order valence-electron chi connectivity index (χ3n) is 5.35. The fourth-order valence-electron chi connectivity index (χ4n) is 4.15. The molecule has 0 radical (unpaired) electrons. The van der Waals surface area contributed by atoms with Crippen molar-refractivity contribution in [3.8, 4) is 5.75 Å². The van der Waals surface area contributed by atoms with Crippen LogP contribution < -0.4 is 4.74 Å². The van der Waals surface area contributed by atoms with Crippen LogP contribution in [-0.2, 0) is 0 Å². The highest BCUT2D eigenvalue weighted by Gasteiger charge is 2.41. The topological polar surface area (TPSA) is 12.5 Å². The van der Waals surface area contributed by atoms with Crippen molar-refractivity contribution < 1.29 is 4.74 Å². The van der Waals surface area contributed by atoms with Crippen molar-refractivity contribution in [2.24, 2.45) is 5.92 Å². The van der Waals surface area contributed by atoms with E-state index in [4.69, 9.17) is 4.74 Å². The first-order valence-electron chi connectivity index (χ1n) is 8.46. The summed E-state index contributed by atoms with van der Waals surface area (Å²) in [6, 6.07) is 9.83. The van der Waals surface area contributed by atoms with Crippen molar-refractivity contribution in [3.63, 3.8) is 0 Å². The lowest BCUT2D eigenvalue weighted by atomic mass is 9.82. The average molecular weight is 350 g/mol. The summed E-state index contributed by atoms with van der Waals surface area (Å²) in [5, 5.41) is 0. The molecule has 2 nitrogen and oxygen atoms in total. The SMILES string of the molecule is Brc1cccc(OC2CC3CCCC(C2)N3CC2CC2)c1. The highest BCUT2D eigenvalue weighted by Crippen LogP contribution is 2.39. The molecule has 0 N–H and O–H groups in total. The molecular formula is C18H24BrNO. The Kier molecular flexibility index (Phi) is 3.97. The molecule has 0 aromatic heterocycles. The van der Waals surface area contributed by atoms with E-state index >= 15 is 0 Å². The summed E-state index contributed by atoms with van der Waals surface area (Å²) in [5.74, 6) is 2.03. The maximum Gasteiger partial charge on any atom is 0.120 e. The highest BCUT2D eigenvalue weighted by molar-refractivity contribution is 9.10. The first-order valence-corrected chi connectivity index (χ1v) is 9.25. The van der Waals surface area contributed by atoms with Gasteiger partial charge in [-0.25, -0.2) is 0 Å². The fraction of sp³-hybridized carbons (Fsp3) is 0.667. The Morgan fingerprint density at radius 1 is 1.10 bits per heavy atom. The van der Waals surface area contributed by atoms with E-state index in [2.05, 4.69) is 45.1 Å². The number of halogens is 1. The number of nitrogens with zero attached hydrogens (tertiary/aromatic N) is 1. The molecule has 2 bridgehead atoms. The van der Waals surface area contributed by atoms with Crippen LogP contribution in [0.15, 0.2) is 28.7 Å². The van der Waals surface area contributed by atoms with Gasteiger partial charge in [0.1, 0.15) is 11.9 Å². The van der Waals surface area contributed by atoms with Crippen LogP contribution in [0.5, 0.6) is 5.75 Å². The van der Waals surface area contributed by atoms with E-state index in [1.165, 1.54) is 51.5 Å². The van der Waals surface area contributed by atoms with E-state index in [0.29, 0.717) is 6.10 Å². The minimum absolute atomic E-state index is 0.407. The smallest absolute Gasteiger partial charge is 0.120 e. The van der Waals surface area contributed by atoms with Crippen molar-refractivity contribution in [1.82, 2.24) is 4.90 Å². The molecule has 1 aromatic carbocycles. The third-order valence-corrected chi connectivity index (χ3v) is 5.84. The van der Waals surface area contributed by atoms with Gasteiger partial charge in [-0.15, -0.1) is 0 Å². The first-order chi connectivity index (χ1) is 10.3. The average Bonchev–Trinajstić information content (AvgIpc) is 3.23. The number of ether oxygens (including phenoxy) is 1. The van der Waals surface area contributed by atoms with Gasteiger partial charge in [0.15, 0.2) is 0 Å². The van der Waals surface area contributed by atoms with Gasteiger partial charge >= 0.3 is 0 Å². The number of fused-ring (bicyclic) bond motifs is 2. The Balaban J connectivity index is 1.42. The Bertz CT molecular complexity index is 488. The van der Waals surface area contributed by atoms with Gasteiger partial charge in [0.25, 0.3) is 0 Å². The number of benzene rings is 1. The van der Waals surface area contributed by atoms with Crippen LogP contribution in [0.1, 0.15) is 44.9 Å². The predicted octanol–water partition coefficient (Wildman–Crippen LogP) is 4.62. The summed E-state index contributed by atoms with van der Waals surface area (Å²) in [7, 11) is 0. The molecule has 0 spiro atoms. The maximum absolute atomic E-state index is 6.28. The van der Waals surface area contributed by atoms with Crippen LogP contribution in [0.3, 0.4) is 0 Å². The fourth-order valence-corrected chi connectivity index (χ4v) is 4.53. The van der Waals surface area contributed by atoms with Gasteiger partial charge in [-0.05, 0) is 62.6 Å². The molecule has 4 rings (SSSR count). The molecule has 1 aliphatic carbocycles. The molecule has 3 aliphatic rings. The van der Waals surface area contributed by atoms with Gasteiger partial charge in [0.2, 0.25) is 0 Å². The first kappa shape index (κ1) is 14.1. The molecule has 0 amide bonds. The quantitative estimate of drug-likeness (QED) is 0.785. The zero-order valence-corrected chi connectivity index (χ0v) is 14.1. The van der Waals surface area contributed by atoms with Gasteiger partial charge in [0, 0.05) is 23.1 Å². The number of hydrogen-bond donors (Lipinski definition) is 0. The Hall–Kier alpha value is -0.540. The highest BCUT2D eigenvalue weighted by atomic mass is 79.9. The van der Waals surface area contributed by atoms with Crippen LogP contribution in [0.4, 0.5) is 0 Å². The van der Waals surface area contributed by atoms with Gasteiger partial charge < -0.3 is 4.74 Å². The molecule has 3 heteroatoms. The van der Waals surface area contributed by atoms with E-state index in [1.807, 2.05) is 0 Å². The molecule has 2 aliphatic heterocycles. The molecule has 2 heterocycles. The second-order valence-corrected chi connectivity index (χ2v) is 7.96. The second kappa shape index (κ2) is 5.92. The van der Waals surface area contributed by atoms with Crippen LogP contribution >= 0.6 is 15.9 Å². The Labute approximate surface area is 136 Å². The Morgan fingerprint density at radius 3 is 2.52 bits per heavy atom. The molecule has 2 saturated heterocycles. The van der Waals surface area contributed by atoms with E-state index in [1.54, 1.807) is 0 Å². The monoisotopic (exact) mass is 349 g/mol. The lowest BCUT2D eigenvalue weighted by Crippen LogP contribution is -2.55.